The van der Waals surface area contributed by atoms with E-state index in [0.29, 0.717) is 27.7 Å². The number of rotatable bonds is 3. The lowest BCUT2D eigenvalue weighted by Gasteiger charge is -2.36. The van der Waals surface area contributed by atoms with Crippen molar-refractivity contribution in [1.29, 1.82) is 0 Å². The van der Waals surface area contributed by atoms with Gasteiger partial charge in [0.25, 0.3) is 5.91 Å². The average Bonchev–Trinajstić information content (AvgIpc) is 3.37. The number of benzene rings is 2. The summed E-state index contributed by atoms with van der Waals surface area (Å²) in [6, 6.07) is 9.83. The summed E-state index contributed by atoms with van der Waals surface area (Å²) in [6.45, 7) is 5.72. The minimum atomic E-state index is -4.52. The number of carbonyl (C=O) groups is 1. The molecule has 2 aliphatic rings. The van der Waals surface area contributed by atoms with Crippen LogP contribution in [-0.4, -0.2) is 50.9 Å². The molecule has 6 nitrogen and oxygen atoms in total. The Morgan fingerprint density at radius 3 is 2.64 bits per heavy atom. The summed E-state index contributed by atoms with van der Waals surface area (Å²) in [6.07, 6.45) is -1.12. The molecule has 11 heteroatoms. The van der Waals surface area contributed by atoms with Crippen LogP contribution >= 0.6 is 23.4 Å². The first-order valence-electron chi connectivity index (χ1n) is 11.4. The van der Waals surface area contributed by atoms with Crippen LogP contribution in [0.15, 0.2) is 52.5 Å². The lowest BCUT2D eigenvalue weighted by molar-refractivity contribution is -0.138. The summed E-state index contributed by atoms with van der Waals surface area (Å²) in [5.74, 6) is -0.271. The molecule has 1 fully saturated rings. The van der Waals surface area contributed by atoms with Gasteiger partial charge in [-0.3, -0.25) is 9.48 Å². The maximum absolute atomic E-state index is 13.5. The number of amides is 1. The van der Waals surface area contributed by atoms with E-state index in [1.807, 2.05) is 12.1 Å². The van der Waals surface area contributed by atoms with Gasteiger partial charge in [-0.25, -0.2) is 0 Å². The van der Waals surface area contributed by atoms with Crippen LogP contribution < -0.4 is 5.32 Å². The van der Waals surface area contributed by atoms with Gasteiger partial charge < -0.3 is 10.2 Å². The van der Waals surface area contributed by atoms with Crippen LogP contribution in [0.4, 0.5) is 13.2 Å². The van der Waals surface area contributed by atoms with Crippen molar-refractivity contribution in [2.75, 3.05) is 13.1 Å². The van der Waals surface area contributed by atoms with Crippen molar-refractivity contribution in [1.82, 2.24) is 20.0 Å². The van der Waals surface area contributed by atoms with Crippen LogP contribution in [-0.2, 0) is 17.5 Å². The Bertz CT molecular complexity index is 1390. The van der Waals surface area contributed by atoms with Crippen molar-refractivity contribution in [2.24, 2.45) is 4.99 Å². The Morgan fingerprint density at radius 2 is 1.92 bits per heavy atom. The molecule has 2 atom stereocenters. The molecule has 0 radical (unpaired) electrons. The summed E-state index contributed by atoms with van der Waals surface area (Å²) < 4.78 is 42.0. The Hall–Kier alpha value is -2.82. The lowest BCUT2D eigenvalue weighted by atomic mass is 10.1. The Balaban J connectivity index is 1.36. The van der Waals surface area contributed by atoms with Crippen molar-refractivity contribution in [2.45, 2.75) is 38.7 Å². The van der Waals surface area contributed by atoms with E-state index in [9.17, 15) is 18.0 Å². The van der Waals surface area contributed by atoms with Crippen LogP contribution in [0.1, 0.15) is 30.5 Å². The van der Waals surface area contributed by atoms with Crippen molar-refractivity contribution in [3.63, 3.8) is 0 Å². The highest BCUT2D eigenvalue weighted by Gasteiger charge is 2.34. The Labute approximate surface area is 215 Å². The number of hydrogen-bond donors (Lipinski definition) is 1. The molecule has 1 aromatic heterocycles. The second kappa shape index (κ2) is 9.57. The van der Waals surface area contributed by atoms with Gasteiger partial charge in [-0.2, -0.15) is 23.3 Å². The van der Waals surface area contributed by atoms with Crippen molar-refractivity contribution < 1.29 is 18.0 Å². The van der Waals surface area contributed by atoms with E-state index < -0.39 is 11.7 Å². The largest absolute Gasteiger partial charge is 0.416 e. The van der Waals surface area contributed by atoms with E-state index >= 15 is 0 Å². The first-order chi connectivity index (χ1) is 17.1. The van der Waals surface area contributed by atoms with Gasteiger partial charge in [-0.1, -0.05) is 23.7 Å². The first-order valence-corrected chi connectivity index (χ1v) is 12.6. The number of aromatic nitrogens is 2. The molecule has 3 aromatic rings. The summed E-state index contributed by atoms with van der Waals surface area (Å²) in [7, 11) is 0. The van der Waals surface area contributed by atoms with E-state index in [1.165, 1.54) is 28.6 Å². The van der Waals surface area contributed by atoms with Crippen LogP contribution in [0.5, 0.6) is 0 Å². The third-order valence-corrected chi connectivity index (χ3v) is 7.38. The number of thioether (sulfide) groups is 1. The van der Waals surface area contributed by atoms with Gasteiger partial charge in [0.05, 0.1) is 28.7 Å². The molecule has 0 aliphatic carbocycles. The molecule has 2 aliphatic heterocycles. The second-order valence-electron chi connectivity index (χ2n) is 9.10. The molecule has 0 bridgehead atoms. The highest BCUT2D eigenvalue weighted by atomic mass is 35.5. The minimum absolute atomic E-state index is 0.0292. The van der Waals surface area contributed by atoms with E-state index in [4.69, 9.17) is 11.6 Å². The summed E-state index contributed by atoms with van der Waals surface area (Å²) in [5.41, 5.74) is 0.781. The zero-order chi connectivity index (χ0) is 25.6. The molecular formula is C25H23ClF3N5OS. The number of halogens is 4. The molecule has 1 saturated heterocycles. The number of nitrogens with zero attached hydrogens (tertiary/aromatic N) is 4. The molecule has 3 heterocycles. The van der Waals surface area contributed by atoms with E-state index in [2.05, 4.69) is 34.2 Å². The first kappa shape index (κ1) is 24.9. The van der Waals surface area contributed by atoms with Gasteiger partial charge in [0.15, 0.2) is 5.17 Å². The van der Waals surface area contributed by atoms with Gasteiger partial charge in [0.1, 0.15) is 0 Å². The SMILES string of the molecule is C[C@@H]1CN(C2=NC(=O)/C(=C/c3ccc4c(cnn4Cc4ccc(Cl)cc4C(F)(F)F)c3)S2)C[C@H](C)N1. The summed E-state index contributed by atoms with van der Waals surface area (Å²) in [5, 5.41) is 9.27. The third kappa shape index (κ3) is 5.16. The highest BCUT2D eigenvalue weighted by molar-refractivity contribution is 8.18. The number of fused-ring (bicyclic) bond motifs is 1. The normalized spacial score (nSPS) is 22.1. The predicted octanol–water partition coefficient (Wildman–Crippen LogP) is 5.41. The van der Waals surface area contributed by atoms with E-state index in [-0.39, 0.29) is 23.0 Å². The molecule has 36 heavy (non-hydrogen) atoms. The lowest BCUT2D eigenvalue weighted by Crippen LogP contribution is -2.55. The van der Waals surface area contributed by atoms with Gasteiger partial charge in [-0.05, 0) is 67.1 Å². The van der Waals surface area contributed by atoms with Gasteiger partial charge in [0.2, 0.25) is 0 Å². The van der Waals surface area contributed by atoms with Gasteiger partial charge >= 0.3 is 6.18 Å². The minimum Gasteiger partial charge on any atom is -0.348 e. The maximum Gasteiger partial charge on any atom is 0.416 e. The van der Waals surface area contributed by atoms with Gasteiger partial charge in [0, 0.05) is 35.6 Å². The molecule has 0 saturated carbocycles. The molecule has 0 spiro atoms. The third-order valence-electron chi connectivity index (χ3n) is 6.10. The highest BCUT2D eigenvalue weighted by Crippen LogP contribution is 2.35. The molecule has 5 rings (SSSR count). The summed E-state index contributed by atoms with van der Waals surface area (Å²) in [4.78, 5) is 19.5. The van der Waals surface area contributed by atoms with Crippen molar-refractivity contribution in [3.8, 4) is 0 Å². The van der Waals surface area contributed by atoms with Crippen LogP contribution in [0, 0.1) is 0 Å². The number of amidine groups is 1. The van der Waals surface area contributed by atoms with E-state index in [0.717, 1.165) is 30.1 Å². The Kier molecular flexibility index (Phi) is 6.61. The molecule has 2 aromatic carbocycles. The zero-order valence-electron chi connectivity index (χ0n) is 19.5. The van der Waals surface area contributed by atoms with Crippen LogP contribution in [0.2, 0.25) is 5.02 Å². The number of piperazine rings is 1. The fourth-order valence-corrected chi connectivity index (χ4v) is 5.70. The van der Waals surface area contributed by atoms with Crippen molar-refractivity contribution in [3.05, 3.63) is 69.2 Å². The summed E-state index contributed by atoms with van der Waals surface area (Å²) >= 11 is 7.16. The standard InChI is InChI=1S/C25H23ClF3N5OS/c1-14-11-33(12-15(2)31-14)24-32-23(35)22(36-24)8-16-3-6-21-18(7-16)10-30-34(21)13-17-4-5-19(26)9-20(17)25(27,28)29/h3-10,14-15,31H,11-13H2,1-2H3/b22-8-/t14-,15+. The maximum atomic E-state index is 13.5. The topological polar surface area (TPSA) is 62.5 Å². The quantitative estimate of drug-likeness (QED) is 0.456. The van der Waals surface area contributed by atoms with E-state index in [1.54, 1.807) is 18.3 Å². The zero-order valence-corrected chi connectivity index (χ0v) is 21.1. The molecule has 0 unspecified atom stereocenters. The van der Waals surface area contributed by atoms with Crippen LogP contribution in [0.3, 0.4) is 0 Å². The molecule has 1 amide bonds. The smallest absolute Gasteiger partial charge is 0.348 e. The number of nitrogens with one attached hydrogen (secondary N) is 1. The van der Waals surface area contributed by atoms with Crippen LogP contribution in [0.25, 0.3) is 17.0 Å². The number of hydrogen-bond acceptors (Lipinski definition) is 5. The second-order valence-corrected chi connectivity index (χ2v) is 10.5. The predicted molar refractivity (Wildman–Crippen MR) is 137 cm³/mol. The molecule has 188 valence electrons. The Morgan fingerprint density at radius 1 is 1.17 bits per heavy atom. The fraction of sp³-hybridized carbons (Fsp3) is 0.320. The fourth-order valence-electron chi connectivity index (χ4n) is 4.60. The molecule has 1 N–H and O–H groups in total. The van der Waals surface area contributed by atoms with Gasteiger partial charge in [-0.15, -0.1) is 0 Å². The average molecular weight is 534 g/mol. The monoisotopic (exact) mass is 533 g/mol. The molecular weight excluding hydrogens is 511 g/mol. The number of aliphatic imine (C=N–C) groups is 1. The number of carbonyl (C=O) groups excluding carboxylic acids is 1. The number of alkyl halides is 3. The van der Waals surface area contributed by atoms with Crippen molar-refractivity contribution >= 4 is 51.4 Å².